The number of methoxy groups -OCH3 is 1. The van der Waals surface area contributed by atoms with Gasteiger partial charge in [0.25, 0.3) is 5.56 Å². The SMILES string of the molecule is COCCn1cc(NC(C)c2cc(Br)cs2)ccc1=O. The summed E-state index contributed by atoms with van der Waals surface area (Å²) in [7, 11) is 1.63. The zero-order chi connectivity index (χ0) is 14.5. The number of hydrogen-bond acceptors (Lipinski definition) is 4. The van der Waals surface area contributed by atoms with E-state index in [0.717, 1.165) is 10.2 Å². The van der Waals surface area contributed by atoms with Crippen LogP contribution in [0, 0.1) is 0 Å². The molecule has 0 saturated heterocycles. The van der Waals surface area contributed by atoms with Crippen LogP contribution in [0.5, 0.6) is 0 Å². The minimum Gasteiger partial charge on any atom is -0.383 e. The van der Waals surface area contributed by atoms with E-state index in [9.17, 15) is 4.79 Å². The van der Waals surface area contributed by atoms with Gasteiger partial charge in [0.2, 0.25) is 0 Å². The lowest BCUT2D eigenvalue weighted by Crippen LogP contribution is -2.21. The fourth-order valence-electron chi connectivity index (χ4n) is 1.86. The minimum atomic E-state index is -0.0147. The third kappa shape index (κ3) is 3.94. The molecule has 0 aromatic carbocycles. The van der Waals surface area contributed by atoms with E-state index in [1.54, 1.807) is 29.1 Å². The first kappa shape index (κ1) is 15.3. The van der Waals surface area contributed by atoms with Gasteiger partial charge in [0.15, 0.2) is 0 Å². The van der Waals surface area contributed by atoms with Crippen LogP contribution in [0.4, 0.5) is 5.69 Å². The highest BCUT2D eigenvalue weighted by Crippen LogP contribution is 2.27. The summed E-state index contributed by atoms with van der Waals surface area (Å²) < 4.78 is 7.76. The fraction of sp³-hybridized carbons (Fsp3) is 0.357. The lowest BCUT2D eigenvalue weighted by molar-refractivity contribution is 0.186. The second kappa shape index (κ2) is 7.06. The van der Waals surface area contributed by atoms with Crippen molar-refractivity contribution in [3.05, 3.63) is 49.5 Å². The average molecular weight is 357 g/mol. The Morgan fingerprint density at radius 1 is 1.50 bits per heavy atom. The molecule has 0 aliphatic heterocycles. The first-order chi connectivity index (χ1) is 9.60. The van der Waals surface area contributed by atoms with Crippen molar-refractivity contribution in [2.24, 2.45) is 0 Å². The zero-order valence-electron chi connectivity index (χ0n) is 11.4. The molecule has 6 heteroatoms. The lowest BCUT2D eigenvalue weighted by Gasteiger charge is -2.15. The summed E-state index contributed by atoms with van der Waals surface area (Å²) in [6.45, 7) is 3.18. The third-order valence-corrected chi connectivity index (χ3v) is 4.79. The van der Waals surface area contributed by atoms with Crippen LogP contribution < -0.4 is 10.9 Å². The number of hydrogen-bond donors (Lipinski definition) is 1. The molecule has 0 saturated carbocycles. The van der Waals surface area contributed by atoms with E-state index in [1.165, 1.54) is 4.88 Å². The van der Waals surface area contributed by atoms with Gasteiger partial charge in [-0.1, -0.05) is 0 Å². The highest BCUT2D eigenvalue weighted by Gasteiger charge is 2.08. The Kier molecular flexibility index (Phi) is 5.39. The summed E-state index contributed by atoms with van der Waals surface area (Å²) >= 11 is 5.16. The second-order valence-electron chi connectivity index (χ2n) is 4.48. The number of rotatable bonds is 6. The van der Waals surface area contributed by atoms with E-state index >= 15 is 0 Å². The molecule has 0 fully saturated rings. The van der Waals surface area contributed by atoms with Crippen molar-refractivity contribution in [3.63, 3.8) is 0 Å². The number of ether oxygens (including phenoxy) is 1. The summed E-state index contributed by atoms with van der Waals surface area (Å²) in [5.41, 5.74) is 0.914. The van der Waals surface area contributed by atoms with Crippen molar-refractivity contribution in [3.8, 4) is 0 Å². The molecule has 0 radical (unpaired) electrons. The molecule has 2 rings (SSSR count). The van der Waals surface area contributed by atoms with Gasteiger partial charge < -0.3 is 14.6 Å². The highest BCUT2D eigenvalue weighted by atomic mass is 79.9. The number of nitrogens with zero attached hydrogens (tertiary/aromatic N) is 1. The molecule has 2 heterocycles. The standard InChI is InChI=1S/C14H17BrN2O2S/c1-10(13-7-11(15)9-20-13)16-12-3-4-14(18)17(8-12)5-6-19-2/h3-4,7-10,16H,5-6H2,1-2H3. The van der Waals surface area contributed by atoms with Crippen LogP contribution in [0.15, 0.2) is 39.0 Å². The Morgan fingerprint density at radius 3 is 2.95 bits per heavy atom. The summed E-state index contributed by atoms with van der Waals surface area (Å²) in [5.74, 6) is 0. The van der Waals surface area contributed by atoms with Crippen LogP contribution in [0.25, 0.3) is 0 Å². The Balaban J connectivity index is 2.11. The molecule has 1 unspecified atom stereocenters. The molecule has 2 aromatic heterocycles. The van der Waals surface area contributed by atoms with E-state index in [-0.39, 0.29) is 11.6 Å². The smallest absolute Gasteiger partial charge is 0.250 e. The van der Waals surface area contributed by atoms with Gasteiger partial charge in [-0.15, -0.1) is 11.3 Å². The molecular weight excluding hydrogens is 340 g/mol. The van der Waals surface area contributed by atoms with Crippen LogP contribution in [0.1, 0.15) is 17.8 Å². The topological polar surface area (TPSA) is 43.3 Å². The van der Waals surface area contributed by atoms with Crippen LogP contribution in [-0.2, 0) is 11.3 Å². The Morgan fingerprint density at radius 2 is 2.30 bits per heavy atom. The first-order valence-electron chi connectivity index (χ1n) is 6.30. The van der Waals surface area contributed by atoms with Crippen molar-refractivity contribution in [2.75, 3.05) is 19.0 Å². The molecule has 4 nitrogen and oxygen atoms in total. The number of halogens is 1. The molecule has 0 spiro atoms. The number of pyridine rings is 1. The number of anilines is 1. The van der Waals surface area contributed by atoms with Gasteiger partial charge in [0.1, 0.15) is 0 Å². The molecule has 108 valence electrons. The molecule has 0 bridgehead atoms. The number of thiophene rings is 1. The quantitative estimate of drug-likeness (QED) is 0.861. The third-order valence-electron chi connectivity index (χ3n) is 2.92. The van der Waals surface area contributed by atoms with Gasteiger partial charge >= 0.3 is 0 Å². The molecule has 0 amide bonds. The predicted octanol–water partition coefficient (Wildman–Crippen LogP) is 3.49. The van der Waals surface area contributed by atoms with Crippen molar-refractivity contribution < 1.29 is 4.74 Å². The predicted molar refractivity (Wildman–Crippen MR) is 86.6 cm³/mol. The summed E-state index contributed by atoms with van der Waals surface area (Å²) in [4.78, 5) is 13.0. The van der Waals surface area contributed by atoms with E-state index in [0.29, 0.717) is 13.2 Å². The van der Waals surface area contributed by atoms with Gasteiger partial charge in [-0.3, -0.25) is 4.79 Å². The highest BCUT2D eigenvalue weighted by molar-refractivity contribution is 9.10. The summed E-state index contributed by atoms with van der Waals surface area (Å²) in [6.07, 6.45) is 1.83. The molecular formula is C14H17BrN2O2S. The van der Waals surface area contributed by atoms with Crippen LogP contribution >= 0.6 is 27.3 Å². The summed E-state index contributed by atoms with van der Waals surface area (Å²) in [5, 5.41) is 5.47. The molecule has 0 aliphatic carbocycles. The molecule has 0 aliphatic rings. The largest absolute Gasteiger partial charge is 0.383 e. The van der Waals surface area contributed by atoms with E-state index in [2.05, 4.69) is 39.6 Å². The molecule has 1 N–H and O–H groups in total. The van der Waals surface area contributed by atoms with E-state index < -0.39 is 0 Å². The molecule has 2 aromatic rings. The van der Waals surface area contributed by atoms with E-state index in [1.807, 2.05) is 12.3 Å². The van der Waals surface area contributed by atoms with Crippen LogP contribution in [0.3, 0.4) is 0 Å². The lowest BCUT2D eigenvalue weighted by atomic mass is 10.2. The second-order valence-corrected chi connectivity index (χ2v) is 6.33. The fourth-order valence-corrected chi connectivity index (χ4v) is 3.31. The van der Waals surface area contributed by atoms with Gasteiger partial charge in [-0.05, 0) is 35.0 Å². The number of nitrogens with one attached hydrogen (secondary N) is 1. The van der Waals surface area contributed by atoms with Gasteiger partial charge in [0.05, 0.1) is 18.3 Å². The van der Waals surface area contributed by atoms with Gasteiger partial charge in [0, 0.05) is 40.6 Å². The molecule has 20 heavy (non-hydrogen) atoms. The van der Waals surface area contributed by atoms with Crippen molar-refractivity contribution in [1.29, 1.82) is 0 Å². The maximum absolute atomic E-state index is 11.7. The molecule has 1 atom stereocenters. The maximum atomic E-state index is 11.7. The maximum Gasteiger partial charge on any atom is 0.250 e. The number of aromatic nitrogens is 1. The monoisotopic (exact) mass is 356 g/mol. The van der Waals surface area contributed by atoms with E-state index in [4.69, 9.17) is 4.74 Å². The Bertz CT molecular complexity index is 624. The van der Waals surface area contributed by atoms with Crippen molar-refractivity contribution in [2.45, 2.75) is 19.5 Å². The van der Waals surface area contributed by atoms with Crippen LogP contribution in [-0.4, -0.2) is 18.3 Å². The average Bonchev–Trinajstić information content (AvgIpc) is 2.86. The minimum absolute atomic E-state index is 0.0147. The Hall–Kier alpha value is -1.11. The van der Waals surface area contributed by atoms with Gasteiger partial charge in [-0.25, -0.2) is 0 Å². The zero-order valence-corrected chi connectivity index (χ0v) is 13.8. The first-order valence-corrected chi connectivity index (χ1v) is 7.97. The summed E-state index contributed by atoms with van der Waals surface area (Å²) in [6, 6.07) is 5.68. The van der Waals surface area contributed by atoms with Crippen molar-refractivity contribution in [1.82, 2.24) is 4.57 Å². The normalized spacial score (nSPS) is 12.3. The van der Waals surface area contributed by atoms with Gasteiger partial charge in [-0.2, -0.15) is 0 Å². The Labute approximate surface area is 130 Å². The van der Waals surface area contributed by atoms with Crippen LogP contribution in [0.2, 0.25) is 0 Å². The van der Waals surface area contributed by atoms with Crippen molar-refractivity contribution >= 4 is 33.0 Å².